The first-order chi connectivity index (χ1) is 10.7. The number of aromatic nitrogens is 2. The van der Waals surface area contributed by atoms with Crippen LogP contribution in [0.3, 0.4) is 0 Å². The van der Waals surface area contributed by atoms with Gasteiger partial charge in [0.05, 0.1) is 18.6 Å². The summed E-state index contributed by atoms with van der Waals surface area (Å²) in [6.45, 7) is 4.58. The molecule has 0 bridgehead atoms. The third-order valence-corrected chi connectivity index (χ3v) is 3.94. The van der Waals surface area contributed by atoms with Gasteiger partial charge in [-0.15, -0.1) is 0 Å². The van der Waals surface area contributed by atoms with Gasteiger partial charge in [0, 0.05) is 32.9 Å². The third kappa shape index (κ3) is 3.08. The average molecular weight is 303 g/mol. The molecule has 0 radical (unpaired) electrons. The van der Waals surface area contributed by atoms with Crippen molar-refractivity contribution in [2.45, 2.75) is 20.0 Å². The van der Waals surface area contributed by atoms with Crippen LogP contribution in [0, 0.1) is 6.92 Å². The van der Waals surface area contributed by atoms with Crippen LogP contribution < -0.4 is 9.47 Å². The van der Waals surface area contributed by atoms with Crippen molar-refractivity contribution in [2.75, 3.05) is 19.9 Å². The Morgan fingerprint density at radius 1 is 1.27 bits per heavy atom. The summed E-state index contributed by atoms with van der Waals surface area (Å²) in [5.74, 6) is 1.60. The minimum atomic E-state index is 0.126. The maximum absolute atomic E-state index is 9.33. The predicted molar refractivity (Wildman–Crippen MR) is 81.7 cm³/mol. The molecular weight excluding hydrogens is 282 g/mol. The van der Waals surface area contributed by atoms with Gasteiger partial charge < -0.3 is 19.1 Å². The zero-order valence-electron chi connectivity index (χ0n) is 13.0. The Balaban J connectivity index is 1.77. The number of benzene rings is 1. The molecule has 6 nitrogen and oxygen atoms in total. The Bertz CT molecular complexity index is 654. The average Bonchev–Trinajstić information content (AvgIpc) is 3.09. The van der Waals surface area contributed by atoms with E-state index in [9.17, 15) is 5.11 Å². The number of aliphatic hydroxyl groups excluding tert-OH is 1. The summed E-state index contributed by atoms with van der Waals surface area (Å²) in [6, 6.07) is 4.05. The van der Waals surface area contributed by atoms with Gasteiger partial charge in [0.15, 0.2) is 11.5 Å². The molecule has 0 unspecified atom stereocenters. The molecule has 2 heterocycles. The van der Waals surface area contributed by atoms with E-state index in [1.54, 1.807) is 6.33 Å². The number of nitrogens with zero attached hydrogens (tertiary/aromatic N) is 3. The second-order valence-corrected chi connectivity index (χ2v) is 5.56. The molecule has 2 aromatic rings. The number of fused-ring (bicyclic) bond motifs is 1. The zero-order chi connectivity index (χ0) is 15.5. The third-order valence-electron chi connectivity index (χ3n) is 3.94. The molecule has 1 aliphatic rings. The lowest BCUT2D eigenvalue weighted by molar-refractivity contribution is 0.173. The maximum atomic E-state index is 9.33. The monoisotopic (exact) mass is 303 g/mol. The molecule has 0 aliphatic carbocycles. The van der Waals surface area contributed by atoms with Gasteiger partial charge in [-0.25, -0.2) is 4.98 Å². The summed E-state index contributed by atoms with van der Waals surface area (Å²) >= 11 is 0. The molecule has 3 rings (SSSR count). The van der Waals surface area contributed by atoms with Crippen LogP contribution in [0.15, 0.2) is 24.7 Å². The van der Waals surface area contributed by atoms with Crippen molar-refractivity contribution in [1.29, 1.82) is 0 Å². The van der Waals surface area contributed by atoms with Crippen molar-refractivity contribution in [3.8, 4) is 11.5 Å². The van der Waals surface area contributed by atoms with Gasteiger partial charge in [0.1, 0.15) is 0 Å². The van der Waals surface area contributed by atoms with Crippen LogP contribution in [0.2, 0.25) is 0 Å². The van der Waals surface area contributed by atoms with Crippen molar-refractivity contribution in [3.05, 3.63) is 41.5 Å². The van der Waals surface area contributed by atoms with Crippen LogP contribution in [0.1, 0.15) is 16.8 Å². The van der Waals surface area contributed by atoms with Crippen molar-refractivity contribution < 1.29 is 14.6 Å². The van der Waals surface area contributed by atoms with Gasteiger partial charge in [-0.3, -0.25) is 4.90 Å². The van der Waals surface area contributed by atoms with Crippen LogP contribution >= 0.6 is 0 Å². The normalized spacial score (nSPS) is 13.1. The molecule has 1 aliphatic heterocycles. The first-order valence-electron chi connectivity index (χ1n) is 7.35. The fourth-order valence-electron chi connectivity index (χ4n) is 2.62. The summed E-state index contributed by atoms with van der Waals surface area (Å²) in [4.78, 5) is 6.34. The lowest BCUT2D eigenvalue weighted by Crippen LogP contribution is -2.27. The number of imidazole rings is 1. The molecule has 6 heteroatoms. The number of aliphatic hydroxyl groups is 1. The molecule has 0 fully saturated rings. The topological polar surface area (TPSA) is 59.8 Å². The Kier molecular flexibility index (Phi) is 4.31. The van der Waals surface area contributed by atoms with Crippen molar-refractivity contribution in [1.82, 2.24) is 14.5 Å². The van der Waals surface area contributed by atoms with E-state index in [-0.39, 0.29) is 13.4 Å². The molecule has 0 spiro atoms. The lowest BCUT2D eigenvalue weighted by Gasteiger charge is -2.22. The smallest absolute Gasteiger partial charge is 0.231 e. The molecule has 0 saturated carbocycles. The van der Waals surface area contributed by atoms with Crippen molar-refractivity contribution >= 4 is 0 Å². The van der Waals surface area contributed by atoms with Crippen LogP contribution in [0.25, 0.3) is 0 Å². The highest BCUT2D eigenvalue weighted by atomic mass is 16.7. The maximum Gasteiger partial charge on any atom is 0.231 e. The van der Waals surface area contributed by atoms with Crippen LogP contribution in [0.4, 0.5) is 0 Å². The summed E-state index contributed by atoms with van der Waals surface area (Å²) in [5.41, 5.74) is 3.46. The fourth-order valence-corrected chi connectivity index (χ4v) is 2.62. The van der Waals surface area contributed by atoms with E-state index < -0.39 is 0 Å². The summed E-state index contributed by atoms with van der Waals surface area (Å²) in [7, 11) is 1.98. The van der Waals surface area contributed by atoms with Crippen molar-refractivity contribution in [3.63, 3.8) is 0 Å². The molecule has 0 atom stereocenters. The standard InChI is InChI=1S/C16H21N3O3/c1-12-5-15-16(22-11-21-15)6-13(12)8-19(3-4-20)9-14-7-17-10-18(14)2/h5-7,10,20H,3-4,8-9,11H2,1-2H3. The van der Waals surface area contributed by atoms with Gasteiger partial charge >= 0.3 is 0 Å². The van der Waals surface area contributed by atoms with E-state index in [0.29, 0.717) is 6.54 Å². The van der Waals surface area contributed by atoms with E-state index in [0.717, 1.165) is 35.8 Å². The predicted octanol–water partition coefficient (Wildman–Crippen LogP) is 1.45. The van der Waals surface area contributed by atoms with E-state index in [4.69, 9.17) is 9.47 Å². The van der Waals surface area contributed by atoms with Gasteiger partial charge in [0.2, 0.25) is 6.79 Å². The van der Waals surface area contributed by atoms with Gasteiger partial charge in [-0.05, 0) is 30.2 Å². The van der Waals surface area contributed by atoms with Gasteiger partial charge in [-0.1, -0.05) is 0 Å². The Labute approximate surface area is 129 Å². The van der Waals surface area contributed by atoms with Gasteiger partial charge in [-0.2, -0.15) is 0 Å². The second kappa shape index (κ2) is 6.37. The Morgan fingerprint density at radius 3 is 2.73 bits per heavy atom. The number of aryl methyl sites for hydroxylation is 2. The van der Waals surface area contributed by atoms with Crippen LogP contribution in [0.5, 0.6) is 11.5 Å². The van der Waals surface area contributed by atoms with E-state index in [2.05, 4.69) is 16.8 Å². The lowest BCUT2D eigenvalue weighted by atomic mass is 10.1. The summed E-state index contributed by atoms with van der Waals surface area (Å²) in [5, 5.41) is 9.33. The summed E-state index contributed by atoms with van der Waals surface area (Å²) in [6.07, 6.45) is 3.65. The molecule has 22 heavy (non-hydrogen) atoms. The largest absolute Gasteiger partial charge is 0.454 e. The number of rotatable bonds is 6. The second-order valence-electron chi connectivity index (χ2n) is 5.56. The zero-order valence-corrected chi connectivity index (χ0v) is 13.0. The van der Waals surface area contributed by atoms with Crippen molar-refractivity contribution in [2.24, 2.45) is 7.05 Å². The minimum absolute atomic E-state index is 0.126. The van der Waals surface area contributed by atoms with E-state index in [1.807, 2.05) is 29.9 Å². The molecule has 1 N–H and O–H groups in total. The first kappa shape index (κ1) is 14.9. The molecule has 1 aromatic carbocycles. The number of hydrogen-bond acceptors (Lipinski definition) is 5. The molecule has 118 valence electrons. The number of hydrogen-bond donors (Lipinski definition) is 1. The fraction of sp³-hybridized carbons (Fsp3) is 0.438. The SMILES string of the molecule is Cc1cc2c(cc1CN(CCO)Cc1cncn1C)OCO2. The van der Waals surface area contributed by atoms with E-state index >= 15 is 0 Å². The summed E-state index contributed by atoms with van der Waals surface area (Å²) < 4.78 is 12.9. The molecule has 0 amide bonds. The van der Waals surface area contributed by atoms with Gasteiger partial charge in [0.25, 0.3) is 0 Å². The highest BCUT2D eigenvalue weighted by Gasteiger charge is 2.17. The van der Waals surface area contributed by atoms with E-state index in [1.165, 1.54) is 5.56 Å². The quantitative estimate of drug-likeness (QED) is 0.875. The molecule has 0 saturated heterocycles. The molecular formula is C16H21N3O3. The highest BCUT2D eigenvalue weighted by molar-refractivity contribution is 5.48. The molecule has 1 aromatic heterocycles. The number of ether oxygens (including phenoxy) is 2. The highest BCUT2D eigenvalue weighted by Crippen LogP contribution is 2.35. The van der Waals surface area contributed by atoms with Crippen LogP contribution in [-0.4, -0.2) is 39.5 Å². The first-order valence-corrected chi connectivity index (χ1v) is 7.35. The Morgan fingerprint density at radius 2 is 2.05 bits per heavy atom. The minimum Gasteiger partial charge on any atom is -0.454 e. The van der Waals surface area contributed by atoms with Crippen LogP contribution in [-0.2, 0) is 20.1 Å². The Hall–Kier alpha value is -2.05.